The monoisotopic (exact) mass is 169 g/mol. The molecule has 0 aromatic carbocycles. The van der Waals surface area contributed by atoms with Gasteiger partial charge in [-0.2, -0.15) is 0 Å². The summed E-state index contributed by atoms with van der Waals surface area (Å²) in [6.45, 7) is 5.24. The molecule has 0 rings (SSSR count). The molecule has 0 aromatic rings. The summed E-state index contributed by atoms with van der Waals surface area (Å²) in [5.41, 5.74) is -0.667. The maximum Gasteiger partial charge on any atom is 0.263 e. The van der Waals surface area contributed by atoms with E-state index in [-0.39, 0.29) is 5.91 Å². The van der Waals surface area contributed by atoms with Gasteiger partial charge in [0.25, 0.3) is 5.91 Å². The van der Waals surface area contributed by atoms with Crippen LogP contribution in [0.2, 0.25) is 0 Å². The Balaban J connectivity index is 4.53. The van der Waals surface area contributed by atoms with Crippen molar-refractivity contribution in [1.82, 2.24) is 5.06 Å². The molecule has 0 unspecified atom stereocenters. The fourth-order valence-electron chi connectivity index (χ4n) is 0.842. The molecule has 68 valence electrons. The van der Waals surface area contributed by atoms with Crippen molar-refractivity contribution in [3.8, 4) is 11.8 Å². The molecule has 1 amide bonds. The first-order chi connectivity index (χ1) is 5.45. The summed E-state index contributed by atoms with van der Waals surface area (Å²) in [5, 5.41) is 1.18. The van der Waals surface area contributed by atoms with E-state index < -0.39 is 5.41 Å². The minimum absolute atomic E-state index is 0.139. The lowest BCUT2D eigenvalue weighted by Gasteiger charge is -2.22. The van der Waals surface area contributed by atoms with Crippen LogP contribution < -0.4 is 0 Å². The second-order valence-electron chi connectivity index (χ2n) is 2.99. The highest BCUT2D eigenvalue weighted by molar-refractivity contribution is 5.84. The van der Waals surface area contributed by atoms with Crippen LogP contribution in [0.4, 0.5) is 0 Å². The molecule has 0 fully saturated rings. The number of rotatable bonds is 2. The van der Waals surface area contributed by atoms with Gasteiger partial charge >= 0.3 is 0 Å². The Labute approximate surface area is 73.6 Å². The van der Waals surface area contributed by atoms with E-state index in [1.165, 1.54) is 12.2 Å². The van der Waals surface area contributed by atoms with Crippen LogP contribution in [-0.2, 0) is 9.63 Å². The fraction of sp³-hybridized carbons (Fsp3) is 0.667. The summed E-state index contributed by atoms with van der Waals surface area (Å²) in [5.74, 6) is 5.39. The number of hydrogen-bond donors (Lipinski definition) is 0. The molecular weight excluding hydrogens is 154 g/mol. The van der Waals surface area contributed by atoms with E-state index in [0.29, 0.717) is 0 Å². The SMILES string of the molecule is CC#CC(C)(C)C(=O)N(C)OC. The number of hydroxylamine groups is 2. The Kier molecular flexibility index (Phi) is 3.78. The summed E-state index contributed by atoms with van der Waals surface area (Å²) >= 11 is 0. The lowest BCUT2D eigenvalue weighted by molar-refractivity contribution is -0.175. The molecule has 0 aliphatic carbocycles. The molecule has 3 nitrogen and oxygen atoms in total. The second-order valence-corrected chi connectivity index (χ2v) is 2.99. The van der Waals surface area contributed by atoms with Gasteiger partial charge in [-0.05, 0) is 20.8 Å². The quantitative estimate of drug-likeness (QED) is 0.457. The summed E-state index contributed by atoms with van der Waals surface area (Å²) in [7, 11) is 3.02. The number of nitrogens with zero attached hydrogens (tertiary/aromatic N) is 1. The topological polar surface area (TPSA) is 29.5 Å². The Morgan fingerprint density at radius 2 is 2.00 bits per heavy atom. The normalized spacial score (nSPS) is 10.1. The highest BCUT2D eigenvalue weighted by Gasteiger charge is 2.28. The molecule has 0 radical (unpaired) electrons. The lowest BCUT2D eigenvalue weighted by Crippen LogP contribution is -2.36. The van der Waals surface area contributed by atoms with Crippen molar-refractivity contribution in [2.45, 2.75) is 20.8 Å². The summed E-state index contributed by atoms with van der Waals surface area (Å²) in [4.78, 5) is 16.2. The molecule has 0 atom stereocenters. The maximum absolute atomic E-state index is 11.5. The number of carbonyl (C=O) groups excluding carboxylic acids is 1. The summed E-state index contributed by atoms with van der Waals surface area (Å²) in [6, 6.07) is 0. The molecule has 0 heterocycles. The van der Waals surface area contributed by atoms with Crippen molar-refractivity contribution in [3.63, 3.8) is 0 Å². The van der Waals surface area contributed by atoms with Crippen LogP contribution >= 0.6 is 0 Å². The maximum atomic E-state index is 11.5. The predicted octanol–water partition coefficient (Wildman–Crippen LogP) is 1.06. The van der Waals surface area contributed by atoms with E-state index in [0.717, 1.165) is 0 Å². The third kappa shape index (κ3) is 2.55. The molecule has 0 N–H and O–H groups in total. The van der Waals surface area contributed by atoms with Crippen LogP contribution in [0.15, 0.2) is 0 Å². The van der Waals surface area contributed by atoms with E-state index in [1.54, 1.807) is 27.8 Å². The number of hydrogen-bond acceptors (Lipinski definition) is 2. The van der Waals surface area contributed by atoms with Crippen molar-refractivity contribution in [2.75, 3.05) is 14.2 Å². The van der Waals surface area contributed by atoms with Gasteiger partial charge in [0.2, 0.25) is 0 Å². The zero-order valence-corrected chi connectivity index (χ0v) is 8.26. The van der Waals surface area contributed by atoms with Crippen molar-refractivity contribution in [1.29, 1.82) is 0 Å². The van der Waals surface area contributed by atoms with Crippen molar-refractivity contribution in [2.24, 2.45) is 5.41 Å². The summed E-state index contributed by atoms with van der Waals surface area (Å²) in [6.07, 6.45) is 0. The van der Waals surface area contributed by atoms with Crippen molar-refractivity contribution in [3.05, 3.63) is 0 Å². The number of amides is 1. The van der Waals surface area contributed by atoms with Gasteiger partial charge in [0, 0.05) is 7.05 Å². The molecule has 12 heavy (non-hydrogen) atoms. The number of carbonyl (C=O) groups is 1. The van der Waals surface area contributed by atoms with Gasteiger partial charge in [0.1, 0.15) is 5.41 Å². The minimum Gasteiger partial charge on any atom is -0.275 e. The highest BCUT2D eigenvalue weighted by atomic mass is 16.7. The highest BCUT2D eigenvalue weighted by Crippen LogP contribution is 2.16. The molecule has 0 bridgehead atoms. The van der Waals surface area contributed by atoms with E-state index in [4.69, 9.17) is 4.84 Å². The second kappa shape index (κ2) is 4.13. The van der Waals surface area contributed by atoms with E-state index in [2.05, 4.69) is 11.8 Å². The molecule has 0 aliphatic heterocycles. The largest absolute Gasteiger partial charge is 0.275 e. The molecule has 3 heteroatoms. The van der Waals surface area contributed by atoms with Gasteiger partial charge in [0.15, 0.2) is 0 Å². The average molecular weight is 169 g/mol. The fourth-order valence-corrected chi connectivity index (χ4v) is 0.842. The molecule has 0 aliphatic rings. The Bertz CT molecular complexity index is 222. The lowest BCUT2D eigenvalue weighted by atomic mass is 9.93. The van der Waals surface area contributed by atoms with Gasteiger partial charge < -0.3 is 0 Å². The zero-order chi connectivity index (χ0) is 9.78. The smallest absolute Gasteiger partial charge is 0.263 e. The zero-order valence-electron chi connectivity index (χ0n) is 8.26. The Morgan fingerprint density at radius 3 is 2.33 bits per heavy atom. The first kappa shape index (κ1) is 11.0. The van der Waals surface area contributed by atoms with Gasteiger partial charge in [0.05, 0.1) is 7.11 Å². The van der Waals surface area contributed by atoms with Crippen LogP contribution in [-0.4, -0.2) is 25.1 Å². The van der Waals surface area contributed by atoms with Gasteiger partial charge in [-0.3, -0.25) is 9.63 Å². The third-order valence-corrected chi connectivity index (χ3v) is 1.53. The van der Waals surface area contributed by atoms with Crippen LogP contribution in [0.1, 0.15) is 20.8 Å². The molecule has 0 aromatic heterocycles. The van der Waals surface area contributed by atoms with Gasteiger partial charge in [-0.15, -0.1) is 5.92 Å². The van der Waals surface area contributed by atoms with E-state index >= 15 is 0 Å². The van der Waals surface area contributed by atoms with E-state index in [9.17, 15) is 4.79 Å². The minimum atomic E-state index is -0.667. The van der Waals surface area contributed by atoms with Gasteiger partial charge in [-0.25, -0.2) is 5.06 Å². The first-order valence-electron chi connectivity index (χ1n) is 3.72. The van der Waals surface area contributed by atoms with Crippen LogP contribution in [0.3, 0.4) is 0 Å². The van der Waals surface area contributed by atoms with Gasteiger partial charge in [-0.1, -0.05) is 5.92 Å². The Morgan fingerprint density at radius 1 is 1.50 bits per heavy atom. The molecular formula is C9H15NO2. The van der Waals surface area contributed by atoms with Crippen LogP contribution in [0.25, 0.3) is 0 Å². The predicted molar refractivity (Wildman–Crippen MR) is 47.0 cm³/mol. The molecule has 0 saturated heterocycles. The first-order valence-corrected chi connectivity index (χ1v) is 3.72. The Hall–Kier alpha value is -1.01. The average Bonchev–Trinajstić information content (AvgIpc) is 2.01. The van der Waals surface area contributed by atoms with Crippen molar-refractivity contribution < 1.29 is 9.63 Å². The molecule has 0 saturated carbocycles. The van der Waals surface area contributed by atoms with Crippen LogP contribution in [0, 0.1) is 17.3 Å². The molecule has 0 spiro atoms. The third-order valence-electron chi connectivity index (χ3n) is 1.53. The standard InChI is InChI=1S/C9H15NO2/c1-6-7-9(2,3)8(11)10(4)12-5/h1-5H3. The van der Waals surface area contributed by atoms with Crippen LogP contribution in [0.5, 0.6) is 0 Å². The summed E-state index contributed by atoms with van der Waals surface area (Å²) < 4.78 is 0. The van der Waals surface area contributed by atoms with E-state index in [1.807, 2.05) is 0 Å². The van der Waals surface area contributed by atoms with Crippen molar-refractivity contribution >= 4 is 5.91 Å².